The summed E-state index contributed by atoms with van der Waals surface area (Å²) < 4.78 is 39.4. The van der Waals surface area contributed by atoms with E-state index >= 15 is 0 Å². The first kappa shape index (κ1) is 15.2. The van der Waals surface area contributed by atoms with E-state index < -0.39 is 11.7 Å². The number of hydrogen-bond acceptors (Lipinski definition) is 1. The topological polar surface area (TPSA) is 17.8 Å². The summed E-state index contributed by atoms with van der Waals surface area (Å²) in [5.41, 5.74) is 1.09. The normalized spacial score (nSPS) is 12.0. The molecule has 0 radical (unpaired) electrons. The smallest absolute Gasteiger partial charge is 0.233 e. The second kappa shape index (κ2) is 5.48. The highest BCUT2D eigenvalue weighted by Gasteiger charge is 2.30. The van der Waals surface area contributed by atoms with Crippen molar-refractivity contribution in [1.82, 2.24) is 9.78 Å². The molecule has 0 N–H and O–H groups in total. The first-order chi connectivity index (χ1) is 10.4. The van der Waals surface area contributed by atoms with E-state index in [4.69, 9.17) is 23.2 Å². The molecule has 0 spiro atoms. The third kappa shape index (κ3) is 2.55. The Hall–Kier alpha value is -1.72. The van der Waals surface area contributed by atoms with E-state index in [2.05, 4.69) is 5.10 Å². The maximum Gasteiger partial charge on any atom is 0.416 e. The quantitative estimate of drug-likeness (QED) is 0.566. The molecule has 1 aromatic heterocycles. The van der Waals surface area contributed by atoms with Crippen LogP contribution < -0.4 is 0 Å². The lowest BCUT2D eigenvalue weighted by Gasteiger charge is -2.08. The van der Waals surface area contributed by atoms with Crippen molar-refractivity contribution in [2.45, 2.75) is 12.1 Å². The maximum atomic E-state index is 12.6. The molecule has 0 unspecified atom stereocenters. The second-order valence-corrected chi connectivity index (χ2v) is 5.35. The molecule has 0 aliphatic rings. The fraction of sp³-hybridized carbons (Fsp3) is 0.133. The van der Waals surface area contributed by atoms with Crippen LogP contribution in [0.4, 0.5) is 13.2 Å². The van der Waals surface area contributed by atoms with E-state index in [1.807, 2.05) is 0 Å². The lowest BCUT2D eigenvalue weighted by atomic mass is 10.2. The molecule has 0 saturated heterocycles. The largest absolute Gasteiger partial charge is 0.416 e. The summed E-state index contributed by atoms with van der Waals surface area (Å²) in [6.45, 7) is 0. The molecule has 0 bridgehead atoms. The van der Waals surface area contributed by atoms with Gasteiger partial charge in [0.2, 0.25) is 0 Å². The van der Waals surface area contributed by atoms with Gasteiger partial charge in [-0.15, -0.1) is 11.6 Å². The zero-order chi connectivity index (χ0) is 15.9. The minimum absolute atomic E-state index is 0.161. The zero-order valence-electron chi connectivity index (χ0n) is 11.0. The summed E-state index contributed by atoms with van der Waals surface area (Å²) in [7, 11) is 0. The van der Waals surface area contributed by atoms with Crippen molar-refractivity contribution in [3.63, 3.8) is 0 Å². The van der Waals surface area contributed by atoms with Crippen molar-refractivity contribution < 1.29 is 13.2 Å². The number of alkyl halides is 4. The lowest BCUT2D eigenvalue weighted by molar-refractivity contribution is -0.137. The van der Waals surface area contributed by atoms with E-state index in [0.29, 0.717) is 27.3 Å². The Balaban J connectivity index is 2.17. The average Bonchev–Trinajstić information content (AvgIpc) is 2.87. The molecule has 0 aliphatic heterocycles. The van der Waals surface area contributed by atoms with Gasteiger partial charge in [0.1, 0.15) is 0 Å². The van der Waals surface area contributed by atoms with Crippen LogP contribution in [0.1, 0.15) is 11.3 Å². The highest BCUT2D eigenvalue weighted by atomic mass is 35.5. The fourth-order valence-electron chi connectivity index (χ4n) is 2.28. The Morgan fingerprint density at radius 2 is 1.73 bits per heavy atom. The molecule has 0 atom stereocenters. The summed E-state index contributed by atoms with van der Waals surface area (Å²) in [5.74, 6) is 0.161. The number of nitrogens with zero attached hydrogens (tertiary/aromatic N) is 2. The van der Waals surface area contributed by atoms with E-state index in [1.165, 1.54) is 12.1 Å². The molecule has 1 heterocycles. The highest BCUT2D eigenvalue weighted by Crippen LogP contribution is 2.32. The van der Waals surface area contributed by atoms with E-state index in [1.54, 1.807) is 22.9 Å². The van der Waals surface area contributed by atoms with Crippen LogP contribution >= 0.6 is 23.2 Å². The second-order valence-electron chi connectivity index (χ2n) is 4.67. The van der Waals surface area contributed by atoms with Crippen LogP contribution in [0.3, 0.4) is 0 Å². The Morgan fingerprint density at radius 1 is 1.05 bits per heavy atom. The Morgan fingerprint density at radius 3 is 2.32 bits per heavy atom. The van der Waals surface area contributed by atoms with Crippen molar-refractivity contribution in [3.8, 4) is 5.69 Å². The number of fused-ring (bicyclic) bond motifs is 1. The molecule has 22 heavy (non-hydrogen) atoms. The molecular weight excluding hydrogens is 336 g/mol. The average molecular weight is 345 g/mol. The Bertz CT molecular complexity index is 823. The van der Waals surface area contributed by atoms with Gasteiger partial charge in [-0.2, -0.15) is 18.3 Å². The number of halogens is 5. The molecule has 0 fully saturated rings. The van der Waals surface area contributed by atoms with Gasteiger partial charge in [0.15, 0.2) is 0 Å². The number of hydrogen-bond donors (Lipinski definition) is 0. The van der Waals surface area contributed by atoms with Crippen LogP contribution in [0.25, 0.3) is 16.6 Å². The van der Waals surface area contributed by atoms with Gasteiger partial charge >= 0.3 is 6.18 Å². The number of rotatable bonds is 2. The van der Waals surface area contributed by atoms with Crippen LogP contribution in [0, 0.1) is 0 Å². The van der Waals surface area contributed by atoms with Crippen molar-refractivity contribution in [2.75, 3.05) is 0 Å². The van der Waals surface area contributed by atoms with Gasteiger partial charge in [0.05, 0.1) is 33.4 Å². The molecule has 2 nitrogen and oxygen atoms in total. The van der Waals surface area contributed by atoms with Crippen LogP contribution in [0.5, 0.6) is 0 Å². The lowest BCUT2D eigenvalue weighted by Crippen LogP contribution is -2.05. The monoisotopic (exact) mass is 344 g/mol. The van der Waals surface area contributed by atoms with Gasteiger partial charge in [-0.1, -0.05) is 17.7 Å². The third-order valence-electron chi connectivity index (χ3n) is 3.29. The molecule has 114 valence electrons. The summed E-state index contributed by atoms with van der Waals surface area (Å²) in [5, 5.41) is 5.56. The van der Waals surface area contributed by atoms with Gasteiger partial charge in [0.25, 0.3) is 0 Å². The van der Waals surface area contributed by atoms with Gasteiger partial charge in [-0.3, -0.25) is 0 Å². The molecule has 7 heteroatoms. The first-order valence-electron chi connectivity index (χ1n) is 6.31. The standard InChI is InChI=1S/C15H9Cl2F3N2/c16-8-12-14-11(17)2-1-3-13(14)22(21-12)10-6-4-9(5-7-10)15(18,19)20/h1-7H,8H2. The molecule has 0 aliphatic carbocycles. The fourth-order valence-corrected chi connectivity index (χ4v) is 2.75. The van der Waals surface area contributed by atoms with Crippen LogP contribution in [0.2, 0.25) is 5.02 Å². The predicted octanol–water partition coefficient (Wildman–Crippen LogP) is 5.44. The van der Waals surface area contributed by atoms with Gasteiger partial charge < -0.3 is 0 Å². The molecule has 2 aromatic carbocycles. The number of benzene rings is 2. The Labute approximate surface area is 134 Å². The molecular formula is C15H9Cl2F3N2. The first-order valence-corrected chi connectivity index (χ1v) is 7.23. The molecule has 3 rings (SSSR count). The number of aromatic nitrogens is 2. The zero-order valence-corrected chi connectivity index (χ0v) is 12.5. The van der Waals surface area contributed by atoms with E-state index in [-0.39, 0.29) is 5.88 Å². The summed E-state index contributed by atoms with van der Waals surface area (Å²) in [6.07, 6.45) is -4.37. The molecule has 0 amide bonds. The van der Waals surface area contributed by atoms with Crippen LogP contribution in [-0.4, -0.2) is 9.78 Å². The third-order valence-corrected chi connectivity index (χ3v) is 3.86. The van der Waals surface area contributed by atoms with E-state index in [9.17, 15) is 13.2 Å². The molecule has 0 saturated carbocycles. The van der Waals surface area contributed by atoms with Crippen molar-refractivity contribution in [3.05, 3.63) is 58.7 Å². The van der Waals surface area contributed by atoms with Gasteiger partial charge in [0, 0.05) is 5.39 Å². The maximum absolute atomic E-state index is 12.6. The minimum atomic E-state index is -4.37. The van der Waals surface area contributed by atoms with E-state index in [0.717, 1.165) is 12.1 Å². The van der Waals surface area contributed by atoms with Crippen LogP contribution in [-0.2, 0) is 12.1 Å². The summed E-state index contributed by atoms with van der Waals surface area (Å²) >= 11 is 12.0. The van der Waals surface area contributed by atoms with Gasteiger partial charge in [-0.05, 0) is 36.4 Å². The predicted molar refractivity (Wildman–Crippen MR) is 80.6 cm³/mol. The minimum Gasteiger partial charge on any atom is -0.233 e. The molecule has 3 aromatic rings. The summed E-state index contributed by atoms with van der Waals surface area (Å²) in [4.78, 5) is 0. The van der Waals surface area contributed by atoms with Crippen molar-refractivity contribution in [1.29, 1.82) is 0 Å². The van der Waals surface area contributed by atoms with Crippen molar-refractivity contribution >= 4 is 34.1 Å². The van der Waals surface area contributed by atoms with Crippen LogP contribution in [0.15, 0.2) is 42.5 Å². The van der Waals surface area contributed by atoms with Gasteiger partial charge in [-0.25, -0.2) is 4.68 Å². The highest BCUT2D eigenvalue weighted by molar-refractivity contribution is 6.36. The SMILES string of the molecule is FC(F)(F)c1ccc(-n2nc(CCl)c3c(Cl)cccc32)cc1. The Kier molecular flexibility index (Phi) is 3.78. The summed E-state index contributed by atoms with van der Waals surface area (Å²) in [6, 6.07) is 10.1. The van der Waals surface area contributed by atoms with Crippen molar-refractivity contribution in [2.24, 2.45) is 0 Å².